The van der Waals surface area contributed by atoms with Crippen molar-refractivity contribution in [3.63, 3.8) is 0 Å². The molecule has 1 aliphatic heterocycles. The predicted octanol–water partition coefficient (Wildman–Crippen LogP) is 1.24. The van der Waals surface area contributed by atoms with Crippen LogP contribution in [0.5, 0.6) is 11.5 Å². The van der Waals surface area contributed by atoms with Crippen LogP contribution in [0, 0.1) is 0 Å². The number of fused-ring (bicyclic) bond motifs is 1. The zero-order valence-corrected chi connectivity index (χ0v) is 11.6. The van der Waals surface area contributed by atoms with E-state index in [1.165, 1.54) is 11.3 Å². The molecule has 0 spiro atoms. The Labute approximate surface area is 123 Å². The maximum atomic E-state index is 12.0. The number of carbonyl (C=O) groups is 2. The van der Waals surface area contributed by atoms with Crippen LogP contribution in [-0.2, 0) is 4.79 Å². The molecule has 0 saturated heterocycles. The van der Waals surface area contributed by atoms with Crippen LogP contribution in [-0.4, -0.2) is 30.1 Å². The van der Waals surface area contributed by atoms with Crippen molar-refractivity contribution < 1.29 is 19.1 Å². The molecule has 0 bridgehead atoms. The zero-order chi connectivity index (χ0) is 14.7. The van der Waals surface area contributed by atoms with Crippen LogP contribution < -0.4 is 20.1 Å². The van der Waals surface area contributed by atoms with E-state index >= 15 is 0 Å². The second-order valence-corrected chi connectivity index (χ2v) is 5.03. The van der Waals surface area contributed by atoms with Crippen molar-refractivity contribution in [2.45, 2.75) is 0 Å². The lowest BCUT2D eigenvalue weighted by atomic mass is 10.2. The van der Waals surface area contributed by atoms with Gasteiger partial charge in [-0.25, -0.2) is 4.98 Å². The van der Waals surface area contributed by atoms with Crippen LogP contribution in [0.4, 0.5) is 5.13 Å². The molecular formula is C13H11N3O4S. The second kappa shape index (κ2) is 5.80. The minimum absolute atomic E-state index is 0.132. The zero-order valence-electron chi connectivity index (χ0n) is 10.8. The van der Waals surface area contributed by atoms with Gasteiger partial charge < -0.3 is 20.1 Å². The molecule has 0 fully saturated rings. The number of rotatable bonds is 4. The number of aromatic nitrogens is 1. The van der Waals surface area contributed by atoms with Crippen molar-refractivity contribution in [3.8, 4) is 11.5 Å². The number of ether oxygens (including phenoxy) is 2. The third-order valence-corrected chi connectivity index (χ3v) is 3.41. The smallest absolute Gasteiger partial charge is 0.251 e. The van der Waals surface area contributed by atoms with Crippen molar-refractivity contribution in [2.75, 3.05) is 18.7 Å². The fourth-order valence-electron chi connectivity index (χ4n) is 1.75. The lowest BCUT2D eigenvalue weighted by molar-refractivity contribution is -0.115. The summed E-state index contributed by atoms with van der Waals surface area (Å²) in [7, 11) is 0. The topological polar surface area (TPSA) is 89.6 Å². The molecule has 2 heterocycles. The Bertz CT molecular complexity index is 672. The summed E-state index contributed by atoms with van der Waals surface area (Å²) in [6.45, 7) is 0.0173. The van der Waals surface area contributed by atoms with Gasteiger partial charge in [-0.3, -0.25) is 9.59 Å². The molecule has 0 radical (unpaired) electrons. The Kier molecular flexibility index (Phi) is 3.69. The molecule has 0 saturated carbocycles. The summed E-state index contributed by atoms with van der Waals surface area (Å²) in [5.74, 6) is 0.435. The molecule has 2 aromatic rings. The number of thiazole rings is 1. The van der Waals surface area contributed by atoms with Crippen LogP contribution in [0.25, 0.3) is 0 Å². The van der Waals surface area contributed by atoms with Crippen LogP contribution in [0.2, 0.25) is 0 Å². The summed E-state index contributed by atoms with van der Waals surface area (Å²) >= 11 is 1.31. The van der Waals surface area contributed by atoms with E-state index in [1.54, 1.807) is 29.8 Å². The Morgan fingerprint density at radius 3 is 2.95 bits per heavy atom. The van der Waals surface area contributed by atoms with E-state index in [4.69, 9.17) is 9.47 Å². The van der Waals surface area contributed by atoms with Crippen molar-refractivity contribution in [1.82, 2.24) is 10.3 Å². The highest BCUT2D eigenvalue weighted by atomic mass is 32.1. The molecule has 3 rings (SSSR count). The average Bonchev–Trinajstić information content (AvgIpc) is 3.14. The minimum atomic E-state index is -0.359. The van der Waals surface area contributed by atoms with Gasteiger partial charge in [0.05, 0.1) is 6.54 Å². The van der Waals surface area contributed by atoms with Gasteiger partial charge in [0.15, 0.2) is 16.6 Å². The Hall–Kier alpha value is -2.61. The first-order valence-corrected chi connectivity index (χ1v) is 6.97. The number of nitrogens with one attached hydrogen (secondary N) is 2. The fraction of sp³-hybridized carbons (Fsp3) is 0.154. The van der Waals surface area contributed by atoms with Gasteiger partial charge in [-0.15, -0.1) is 11.3 Å². The van der Waals surface area contributed by atoms with Crippen molar-refractivity contribution in [2.24, 2.45) is 0 Å². The number of benzene rings is 1. The molecule has 7 nitrogen and oxygen atoms in total. The minimum Gasteiger partial charge on any atom is -0.454 e. The van der Waals surface area contributed by atoms with Gasteiger partial charge in [0.25, 0.3) is 5.91 Å². The van der Waals surface area contributed by atoms with Crippen molar-refractivity contribution in [3.05, 3.63) is 35.3 Å². The first kappa shape index (κ1) is 13.4. The predicted molar refractivity (Wildman–Crippen MR) is 75.6 cm³/mol. The Balaban J connectivity index is 1.55. The number of anilines is 1. The highest BCUT2D eigenvalue weighted by molar-refractivity contribution is 7.13. The average molecular weight is 305 g/mol. The Morgan fingerprint density at radius 1 is 1.29 bits per heavy atom. The third-order valence-electron chi connectivity index (χ3n) is 2.72. The molecule has 0 unspecified atom stereocenters. The highest BCUT2D eigenvalue weighted by Crippen LogP contribution is 2.32. The molecule has 1 aromatic carbocycles. The van der Waals surface area contributed by atoms with Crippen LogP contribution in [0.1, 0.15) is 10.4 Å². The molecule has 21 heavy (non-hydrogen) atoms. The highest BCUT2D eigenvalue weighted by Gasteiger charge is 2.16. The number of nitrogens with zero attached hydrogens (tertiary/aromatic N) is 1. The molecule has 1 aliphatic rings. The summed E-state index contributed by atoms with van der Waals surface area (Å²) in [6.07, 6.45) is 1.59. The molecule has 0 atom stereocenters. The van der Waals surface area contributed by atoms with Crippen molar-refractivity contribution in [1.29, 1.82) is 0 Å². The molecule has 108 valence electrons. The van der Waals surface area contributed by atoms with E-state index in [1.807, 2.05) is 0 Å². The number of hydrogen-bond acceptors (Lipinski definition) is 6. The molecule has 1 aromatic heterocycles. The monoisotopic (exact) mass is 305 g/mol. The SMILES string of the molecule is O=C(CNC(=O)c1ccc2c(c1)OCO2)Nc1nccs1. The van der Waals surface area contributed by atoms with Gasteiger partial charge in [-0.2, -0.15) is 0 Å². The second-order valence-electron chi connectivity index (χ2n) is 4.14. The van der Waals surface area contributed by atoms with Gasteiger partial charge in [0.1, 0.15) is 0 Å². The maximum absolute atomic E-state index is 12.0. The largest absolute Gasteiger partial charge is 0.454 e. The van der Waals surface area contributed by atoms with E-state index in [9.17, 15) is 9.59 Å². The summed E-state index contributed by atoms with van der Waals surface area (Å²) in [5, 5.41) is 7.36. The van der Waals surface area contributed by atoms with Gasteiger partial charge >= 0.3 is 0 Å². The maximum Gasteiger partial charge on any atom is 0.251 e. The summed E-state index contributed by atoms with van der Waals surface area (Å²) in [5.41, 5.74) is 0.404. The van der Waals surface area contributed by atoms with E-state index in [0.29, 0.717) is 22.2 Å². The third kappa shape index (κ3) is 3.11. The summed E-state index contributed by atoms with van der Waals surface area (Å²) in [4.78, 5) is 27.5. The fourth-order valence-corrected chi connectivity index (χ4v) is 2.29. The van der Waals surface area contributed by atoms with Crippen LogP contribution >= 0.6 is 11.3 Å². The van der Waals surface area contributed by atoms with Gasteiger partial charge in [0, 0.05) is 17.1 Å². The van der Waals surface area contributed by atoms with Crippen LogP contribution in [0.15, 0.2) is 29.8 Å². The van der Waals surface area contributed by atoms with Gasteiger partial charge in [0.2, 0.25) is 12.7 Å². The summed E-state index contributed by atoms with van der Waals surface area (Å²) in [6, 6.07) is 4.85. The van der Waals surface area contributed by atoms with E-state index in [-0.39, 0.29) is 25.2 Å². The van der Waals surface area contributed by atoms with Crippen molar-refractivity contribution >= 4 is 28.3 Å². The molecule has 0 aliphatic carbocycles. The standard InChI is InChI=1S/C13H11N3O4S/c17-11(16-13-14-3-4-21-13)6-15-12(18)8-1-2-9-10(5-8)20-7-19-9/h1-5H,6-7H2,(H,15,18)(H,14,16,17). The van der Waals surface area contributed by atoms with Gasteiger partial charge in [-0.1, -0.05) is 0 Å². The first-order valence-electron chi connectivity index (χ1n) is 6.09. The van der Waals surface area contributed by atoms with E-state index < -0.39 is 0 Å². The molecule has 2 N–H and O–H groups in total. The van der Waals surface area contributed by atoms with Gasteiger partial charge in [-0.05, 0) is 18.2 Å². The summed E-state index contributed by atoms with van der Waals surface area (Å²) < 4.78 is 10.4. The number of amides is 2. The molecule has 8 heteroatoms. The number of hydrogen-bond donors (Lipinski definition) is 2. The van der Waals surface area contributed by atoms with Crippen LogP contribution in [0.3, 0.4) is 0 Å². The Morgan fingerprint density at radius 2 is 2.14 bits per heavy atom. The molecule has 2 amide bonds. The van der Waals surface area contributed by atoms with E-state index in [0.717, 1.165) is 0 Å². The molecular weight excluding hydrogens is 294 g/mol. The lowest BCUT2D eigenvalue weighted by Crippen LogP contribution is -2.32. The first-order chi connectivity index (χ1) is 10.2. The lowest BCUT2D eigenvalue weighted by Gasteiger charge is -2.05. The normalized spacial score (nSPS) is 12.0. The quantitative estimate of drug-likeness (QED) is 0.887. The number of carbonyl (C=O) groups excluding carboxylic acids is 2. The van der Waals surface area contributed by atoms with E-state index in [2.05, 4.69) is 15.6 Å².